The van der Waals surface area contributed by atoms with Gasteiger partial charge in [-0.15, -0.1) is 0 Å². The van der Waals surface area contributed by atoms with Gasteiger partial charge in [0.05, 0.1) is 11.5 Å². The van der Waals surface area contributed by atoms with E-state index in [1.807, 2.05) is 0 Å². The average molecular weight is 445 g/mol. The average Bonchev–Trinajstić information content (AvgIpc) is 2.77. The molecule has 0 saturated carbocycles. The van der Waals surface area contributed by atoms with Crippen LogP contribution in [-0.4, -0.2) is 64.1 Å². The second-order valence-electron chi connectivity index (χ2n) is 7.18. The molecule has 9 heteroatoms. The fraction of sp³-hybridized carbons (Fsp3) is 0.318. The Kier molecular flexibility index (Phi) is 6.99. The minimum atomic E-state index is -3.89. The van der Waals surface area contributed by atoms with Crippen molar-refractivity contribution in [2.24, 2.45) is 0 Å². The second kappa shape index (κ2) is 9.51. The van der Waals surface area contributed by atoms with Crippen LogP contribution in [0.15, 0.2) is 47.4 Å². The number of benzene rings is 2. The summed E-state index contributed by atoms with van der Waals surface area (Å²) >= 11 is 0. The number of nitrogens with zero attached hydrogens (tertiary/aromatic N) is 1. The molecule has 31 heavy (non-hydrogen) atoms. The van der Waals surface area contributed by atoms with E-state index in [0.29, 0.717) is 25.1 Å². The molecule has 1 N–H and O–H groups in total. The molecule has 0 saturated heterocycles. The first-order valence-corrected chi connectivity index (χ1v) is 11.3. The van der Waals surface area contributed by atoms with Crippen LogP contribution in [0.5, 0.6) is 0 Å². The number of hydrogen-bond acceptors (Lipinski definition) is 6. The van der Waals surface area contributed by atoms with Crippen LogP contribution in [0, 0.1) is 0 Å². The lowest BCUT2D eigenvalue weighted by molar-refractivity contribution is -0.121. The third-order valence-corrected chi connectivity index (χ3v) is 6.96. The van der Waals surface area contributed by atoms with Crippen molar-refractivity contribution in [2.75, 3.05) is 33.9 Å². The molecule has 2 aromatic carbocycles. The van der Waals surface area contributed by atoms with E-state index in [1.54, 1.807) is 24.3 Å². The molecule has 0 aliphatic heterocycles. The van der Waals surface area contributed by atoms with Gasteiger partial charge in [-0.3, -0.25) is 14.4 Å². The Morgan fingerprint density at radius 1 is 1.00 bits per heavy atom. The first-order valence-electron chi connectivity index (χ1n) is 9.82. The summed E-state index contributed by atoms with van der Waals surface area (Å²) in [6.07, 6.45) is 0.516. The van der Waals surface area contributed by atoms with Crippen molar-refractivity contribution < 1.29 is 27.5 Å². The molecule has 3 rings (SSSR count). The minimum absolute atomic E-state index is 0.0705. The minimum Gasteiger partial charge on any atom is -0.383 e. The maximum Gasteiger partial charge on any atom is 0.242 e. The Morgan fingerprint density at radius 3 is 2.26 bits per heavy atom. The number of hydrogen-bond donors (Lipinski definition) is 1. The van der Waals surface area contributed by atoms with Crippen LogP contribution in [0.1, 0.15) is 44.7 Å². The van der Waals surface area contributed by atoms with Crippen LogP contribution in [0.4, 0.5) is 0 Å². The molecule has 0 radical (unpaired) electrons. The standard InChI is InChI=1S/C22H24N2O6S/c1-24(12-5-8-20(25)23-11-13-30-2)31(28,29)15-9-10-18-19(14-15)22(27)17-7-4-3-6-16(17)21(18)26/h3-4,6-7,9-10,14H,5,8,11-13H2,1-2H3,(H,23,25). The van der Waals surface area contributed by atoms with Gasteiger partial charge in [-0.2, -0.15) is 0 Å². The predicted molar refractivity (Wildman–Crippen MR) is 114 cm³/mol. The van der Waals surface area contributed by atoms with Crippen LogP contribution in [0.3, 0.4) is 0 Å². The number of ketones is 2. The molecule has 1 aliphatic rings. The van der Waals surface area contributed by atoms with E-state index in [9.17, 15) is 22.8 Å². The smallest absolute Gasteiger partial charge is 0.242 e. The monoisotopic (exact) mass is 444 g/mol. The molecule has 0 atom stereocenters. The summed E-state index contributed by atoms with van der Waals surface area (Å²) < 4.78 is 31.9. The number of fused-ring (bicyclic) bond motifs is 2. The van der Waals surface area contributed by atoms with Gasteiger partial charge in [0.1, 0.15) is 0 Å². The quantitative estimate of drug-likeness (QED) is 0.503. The van der Waals surface area contributed by atoms with Crippen LogP contribution in [0.25, 0.3) is 0 Å². The lowest BCUT2D eigenvalue weighted by Gasteiger charge is -2.20. The van der Waals surface area contributed by atoms with Gasteiger partial charge < -0.3 is 10.1 Å². The van der Waals surface area contributed by atoms with Crippen molar-refractivity contribution in [1.29, 1.82) is 0 Å². The van der Waals surface area contributed by atoms with E-state index >= 15 is 0 Å². The van der Waals surface area contributed by atoms with Crippen LogP contribution >= 0.6 is 0 Å². The topological polar surface area (TPSA) is 110 Å². The zero-order chi connectivity index (χ0) is 22.6. The summed E-state index contributed by atoms with van der Waals surface area (Å²) in [5, 5.41) is 2.68. The maximum atomic E-state index is 13.0. The molecule has 0 fully saturated rings. The number of carbonyl (C=O) groups is 3. The van der Waals surface area contributed by atoms with Gasteiger partial charge in [-0.05, 0) is 24.6 Å². The highest BCUT2D eigenvalue weighted by Crippen LogP contribution is 2.29. The molecule has 1 amide bonds. The highest BCUT2D eigenvalue weighted by molar-refractivity contribution is 7.89. The van der Waals surface area contributed by atoms with Crippen molar-refractivity contribution >= 4 is 27.5 Å². The zero-order valence-corrected chi connectivity index (χ0v) is 18.2. The summed E-state index contributed by atoms with van der Waals surface area (Å²) in [6, 6.07) is 10.5. The second-order valence-corrected chi connectivity index (χ2v) is 9.23. The van der Waals surface area contributed by atoms with Crippen molar-refractivity contribution in [2.45, 2.75) is 17.7 Å². The van der Waals surface area contributed by atoms with Gasteiger partial charge in [0.25, 0.3) is 0 Å². The molecule has 0 unspecified atom stereocenters. The summed E-state index contributed by atoms with van der Waals surface area (Å²) in [5.41, 5.74) is 0.854. The van der Waals surface area contributed by atoms with E-state index in [2.05, 4.69) is 5.32 Å². The van der Waals surface area contributed by atoms with Gasteiger partial charge in [0, 0.05) is 55.9 Å². The highest BCUT2D eigenvalue weighted by Gasteiger charge is 2.31. The molecule has 164 valence electrons. The Balaban J connectivity index is 1.73. The largest absolute Gasteiger partial charge is 0.383 e. The normalized spacial score (nSPS) is 13.1. The molecule has 0 bridgehead atoms. The van der Waals surface area contributed by atoms with Gasteiger partial charge in [0.15, 0.2) is 11.6 Å². The lowest BCUT2D eigenvalue weighted by atomic mass is 9.84. The lowest BCUT2D eigenvalue weighted by Crippen LogP contribution is -2.31. The number of rotatable bonds is 9. The maximum absolute atomic E-state index is 13.0. The number of ether oxygens (including phenoxy) is 1. The fourth-order valence-corrected chi connectivity index (χ4v) is 4.62. The van der Waals surface area contributed by atoms with Crippen molar-refractivity contribution in [3.05, 3.63) is 64.7 Å². The van der Waals surface area contributed by atoms with Gasteiger partial charge in [-0.25, -0.2) is 12.7 Å². The van der Waals surface area contributed by atoms with Gasteiger partial charge >= 0.3 is 0 Å². The number of methoxy groups -OCH3 is 1. The van der Waals surface area contributed by atoms with Crippen LogP contribution < -0.4 is 5.32 Å². The summed E-state index contributed by atoms with van der Waals surface area (Å²) in [5.74, 6) is -0.862. The summed E-state index contributed by atoms with van der Waals surface area (Å²) in [7, 11) is -0.938. The zero-order valence-electron chi connectivity index (χ0n) is 17.4. The summed E-state index contributed by atoms with van der Waals surface area (Å²) in [4.78, 5) is 37.2. The van der Waals surface area contributed by atoms with Gasteiger partial charge in [0.2, 0.25) is 15.9 Å². The SMILES string of the molecule is COCCNC(=O)CCCN(C)S(=O)(=O)c1ccc2c(c1)C(=O)c1ccccc1C2=O. The Labute approximate surface area is 181 Å². The molecule has 8 nitrogen and oxygen atoms in total. The van der Waals surface area contributed by atoms with Crippen molar-refractivity contribution in [3.8, 4) is 0 Å². The van der Waals surface area contributed by atoms with E-state index in [0.717, 1.165) is 4.31 Å². The molecular weight excluding hydrogens is 420 g/mol. The molecular formula is C22H24N2O6S. The Morgan fingerprint density at radius 2 is 1.61 bits per heavy atom. The van der Waals surface area contributed by atoms with Crippen LogP contribution in [-0.2, 0) is 19.6 Å². The predicted octanol–water partition coefficient (Wildman–Crippen LogP) is 1.63. The molecule has 1 aliphatic carbocycles. The Bertz CT molecular complexity index is 1130. The fourth-order valence-electron chi connectivity index (χ4n) is 3.38. The highest BCUT2D eigenvalue weighted by atomic mass is 32.2. The first kappa shape index (κ1) is 22.8. The van der Waals surface area contributed by atoms with E-state index in [-0.39, 0.29) is 52.0 Å². The molecule has 0 aromatic heterocycles. The molecule has 2 aromatic rings. The molecule has 0 spiro atoms. The van der Waals surface area contributed by atoms with Gasteiger partial charge in [-0.1, -0.05) is 24.3 Å². The number of sulfonamides is 1. The number of amides is 1. The third kappa shape index (κ3) is 4.73. The third-order valence-electron chi connectivity index (χ3n) is 5.11. The number of nitrogens with one attached hydrogen (secondary N) is 1. The Hall–Kier alpha value is -2.88. The van der Waals surface area contributed by atoms with E-state index in [4.69, 9.17) is 4.74 Å². The van der Waals surface area contributed by atoms with E-state index < -0.39 is 10.0 Å². The number of carbonyl (C=O) groups excluding carboxylic acids is 3. The van der Waals surface area contributed by atoms with Crippen molar-refractivity contribution in [1.82, 2.24) is 9.62 Å². The molecule has 0 heterocycles. The van der Waals surface area contributed by atoms with Crippen molar-refractivity contribution in [3.63, 3.8) is 0 Å². The summed E-state index contributed by atoms with van der Waals surface area (Å²) in [6.45, 7) is 0.936. The first-order chi connectivity index (χ1) is 14.8. The van der Waals surface area contributed by atoms with Crippen LogP contribution in [0.2, 0.25) is 0 Å². The van der Waals surface area contributed by atoms with E-state index in [1.165, 1.54) is 32.4 Å².